The van der Waals surface area contributed by atoms with Crippen molar-refractivity contribution in [1.82, 2.24) is 10.2 Å². The molecule has 114 valence electrons. The maximum Gasteiger partial charge on any atom is 0.247 e. The van der Waals surface area contributed by atoms with Crippen molar-refractivity contribution in [3.63, 3.8) is 0 Å². The molecule has 1 aromatic heterocycles. The van der Waals surface area contributed by atoms with Crippen LogP contribution in [0.15, 0.2) is 12.1 Å². The third-order valence-electron chi connectivity index (χ3n) is 4.44. The largest absolute Gasteiger partial charge is 0.300 e. The fraction of sp³-hybridized carbons (Fsp3) is 0.625. The predicted molar refractivity (Wildman–Crippen MR) is 83.0 cm³/mol. The van der Waals surface area contributed by atoms with Crippen LogP contribution in [0.3, 0.4) is 0 Å². The number of likely N-dealkylation sites (tertiary alicyclic amines) is 1. The Morgan fingerprint density at radius 3 is 2.67 bits per heavy atom. The summed E-state index contributed by atoms with van der Waals surface area (Å²) in [4.78, 5) is 28.7. The molecule has 0 bridgehead atoms. The number of rotatable bonds is 4. The summed E-state index contributed by atoms with van der Waals surface area (Å²) in [7, 11) is 0. The van der Waals surface area contributed by atoms with Crippen LogP contribution in [0.5, 0.6) is 0 Å². The van der Waals surface area contributed by atoms with Gasteiger partial charge in [-0.2, -0.15) is 0 Å². The first-order valence-corrected chi connectivity index (χ1v) is 8.61. The van der Waals surface area contributed by atoms with E-state index in [0.29, 0.717) is 13.0 Å². The minimum atomic E-state index is -0.332. The quantitative estimate of drug-likeness (QED) is 0.870. The molecule has 1 atom stereocenters. The molecule has 0 spiro atoms. The van der Waals surface area contributed by atoms with Crippen LogP contribution in [0.25, 0.3) is 0 Å². The molecule has 1 saturated heterocycles. The van der Waals surface area contributed by atoms with Crippen molar-refractivity contribution in [3.05, 3.63) is 21.9 Å². The van der Waals surface area contributed by atoms with Crippen LogP contribution in [0, 0.1) is 6.92 Å². The van der Waals surface area contributed by atoms with E-state index in [9.17, 15) is 9.59 Å². The summed E-state index contributed by atoms with van der Waals surface area (Å²) in [5, 5.41) is 3.26. The zero-order chi connectivity index (χ0) is 14.8. The second kappa shape index (κ2) is 6.28. The summed E-state index contributed by atoms with van der Waals surface area (Å²) >= 11 is 1.73. The van der Waals surface area contributed by atoms with Crippen LogP contribution in [-0.2, 0) is 16.1 Å². The Morgan fingerprint density at radius 2 is 2.00 bits per heavy atom. The number of aryl methyl sites for hydroxylation is 1. The molecule has 1 unspecified atom stereocenters. The molecule has 2 aliphatic rings. The lowest BCUT2D eigenvalue weighted by molar-refractivity contribution is -0.142. The molecule has 21 heavy (non-hydrogen) atoms. The number of imide groups is 1. The van der Waals surface area contributed by atoms with Gasteiger partial charge in [-0.05, 0) is 31.9 Å². The number of carbonyl (C=O) groups is 2. The lowest BCUT2D eigenvalue weighted by Crippen LogP contribution is -2.44. The molecule has 1 aliphatic heterocycles. The minimum Gasteiger partial charge on any atom is -0.300 e. The normalized spacial score (nSPS) is 24.0. The van der Waals surface area contributed by atoms with E-state index in [1.807, 2.05) is 0 Å². The van der Waals surface area contributed by atoms with Gasteiger partial charge in [0.2, 0.25) is 11.8 Å². The Hall–Kier alpha value is -1.20. The Morgan fingerprint density at radius 1 is 1.24 bits per heavy atom. The van der Waals surface area contributed by atoms with Crippen molar-refractivity contribution in [3.8, 4) is 0 Å². The van der Waals surface area contributed by atoms with Crippen LogP contribution in [0.4, 0.5) is 0 Å². The second-order valence-electron chi connectivity index (χ2n) is 6.04. The summed E-state index contributed by atoms with van der Waals surface area (Å²) < 4.78 is 0. The number of thiophene rings is 1. The molecular weight excluding hydrogens is 284 g/mol. The molecule has 1 N–H and O–H groups in total. The topological polar surface area (TPSA) is 49.4 Å². The first-order valence-electron chi connectivity index (χ1n) is 7.80. The highest BCUT2D eigenvalue weighted by Crippen LogP contribution is 2.27. The summed E-state index contributed by atoms with van der Waals surface area (Å²) in [6, 6.07) is 3.97. The summed E-state index contributed by atoms with van der Waals surface area (Å²) in [6.07, 6.45) is 5.77. The van der Waals surface area contributed by atoms with Gasteiger partial charge in [-0.3, -0.25) is 14.5 Å². The zero-order valence-electron chi connectivity index (χ0n) is 12.4. The fourth-order valence-electron chi connectivity index (χ4n) is 3.34. The van der Waals surface area contributed by atoms with Crippen molar-refractivity contribution < 1.29 is 9.59 Å². The van der Waals surface area contributed by atoms with Gasteiger partial charge in [-0.25, -0.2) is 0 Å². The van der Waals surface area contributed by atoms with Crippen LogP contribution < -0.4 is 5.32 Å². The van der Waals surface area contributed by atoms with Gasteiger partial charge in [0.15, 0.2) is 0 Å². The van der Waals surface area contributed by atoms with E-state index in [2.05, 4.69) is 24.4 Å². The predicted octanol–water partition coefficient (Wildman–Crippen LogP) is 2.61. The van der Waals surface area contributed by atoms with Gasteiger partial charge in [0.25, 0.3) is 0 Å². The molecule has 4 nitrogen and oxygen atoms in total. The summed E-state index contributed by atoms with van der Waals surface area (Å²) in [6.45, 7) is 2.74. The standard InChI is InChI=1S/C16H22N2O2S/c1-11-7-8-13(21-11)10-17-14-9-15(19)18(16(14)20)12-5-3-2-4-6-12/h7-8,12,14,17H,2-6,9-10H2,1H3. The minimum absolute atomic E-state index is 0.00626. The summed E-state index contributed by atoms with van der Waals surface area (Å²) in [5.74, 6) is -0.00746. The SMILES string of the molecule is Cc1ccc(CNC2CC(=O)N(C3CCCCC3)C2=O)s1. The molecule has 1 aromatic rings. The Labute approximate surface area is 129 Å². The molecule has 2 fully saturated rings. The van der Waals surface area contributed by atoms with Gasteiger partial charge in [-0.1, -0.05) is 19.3 Å². The number of amides is 2. The Kier molecular flexibility index (Phi) is 4.40. The van der Waals surface area contributed by atoms with Crippen LogP contribution in [-0.4, -0.2) is 28.8 Å². The number of hydrogen-bond acceptors (Lipinski definition) is 4. The van der Waals surface area contributed by atoms with Gasteiger partial charge >= 0.3 is 0 Å². The van der Waals surface area contributed by atoms with Crippen molar-refractivity contribution in [2.75, 3.05) is 0 Å². The van der Waals surface area contributed by atoms with E-state index in [-0.39, 0.29) is 23.9 Å². The average molecular weight is 306 g/mol. The van der Waals surface area contributed by atoms with Crippen molar-refractivity contribution in [2.24, 2.45) is 0 Å². The van der Waals surface area contributed by atoms with Crippen LogP contribution in [0.1, 0.15) is 48.3 Å². The lowest BCUT2D eigenvalue weighted by atomic mass is 9.94. The Bertz CT molecular complexity index is 534. The molecule has 0 radical (unpaired) electrons. The molecule has 1 aliphatic carbocycles. The van der Waals surface area contributed by atoms with Gasteiger partial charge in [-0.15, -0.1) is 11.3 Å². The smallest absolute Gasteiger partial charge is 0.247 e. The zero-order valence-corrected chi connectivity index (χ0v) is 13.2. The third kappa shape index (κ3) is 3.19. The molecular formula is C16H22N2O2S. The molecule has 2 heterocycles. The van der Waals surface area contributed by atoms with E-state index < -0.39 is 0 Å². The van der Waals surface area contributed by atoms with Crippen LogP contribution >= 0.6 is 11.3 Å². The monoisotopic (exact) mass is 306 g/mol. The highest BCUT2D eigenvalue weighted by atomic mass is 32.1. The van der Waals surface area contributed by atoms with Gasteiger partial charge < -0.3 is 5.32 Å². The van der Waals surface area contributed by atoms with Crippen molar-refractivity contribution >= 4 is 23.2 Å². The number of hydrogen-bond donors (Lipinski definition) is 1. The van der Waals surface area contributed by atoms with Gasteiger partial charge in [0.1, 0.15) is 0 Å². The van der Waals surface area contributed by atoms with E-state index in [1.54, 1.807) is 16.2 Å². The summed E-state index contributed by atoms with van der Waals surface area (Å²) in [5.41, 5.74) is 0. The lowest BCUT2D eigenvalue weighted by Gasteiger charge is -2.29. The number of nitrogens with zero attached hydrogens (tertiary/aromatic N) is 1. The average Bonchev–Trinajstić information content (AvgIpc) is 3.01. The van der Waals surface area contributed by atoms with Gasteiger partial charge in [0, 0.05) is 22.3 Å². The van der Waals surface area contributed by atoms with Gasteiger partial charge in [0.05, 0.1) is 12.5 Å². The van der Waals surface area contributed by atoms with Crippen molar-refractivity contribution in [2.45, 2.75) is 64.1 Å². The molecule has 1 saturated carbocycles. The van der Waals surface area contributed by atoms with E-state index in [1.165, 1.54) is 16.2 Å². The third-order valence-corrected chi connectivity index (χ3v) is 5.44. The molecule has 0 aromatic carbocycles. The van der Waals surface area contributed by atoms with Crippen LogP contribution in [0.2, 0.25) is 0 Å². The first kappa shape index (κ1) is 14.7. The van der Waals surface area contributed by atoms with E-state index in [4.69, 9.17) is 0 Å². The van der Waals surface area contributed by atoms with E-state index in [0.717, 1.165) is 25.7 Å². The molecule has 2 amide bonds. The first-order chi connectivity index (χ1) is 10.1. The number of carbonyl (C=O) groups excluding carboxylic acids is 2. The number of nitrogens with one attached hydrogen (secondary N) is 1. The highest BCUT2D eigenvalue weighted by molar-refractivity contribution is 7.11. The van der Waals surface area contributed by atoms with E-state index >= 15 is 0 Å². The maximum atomic E-state index is 12.5. The molecule has 3 rings (SSSR count). The second-order valence-corrected chi connectivity index (χ2v) is 7.42. The fourth-order valence-corrected chi connectivity index (χ4v) is 4.18. The highest BCUT2D eigenvalue weighted by Gasteiger charge is 2.42. The van der Waals surface area contributed by atoms with Crippen molar-refractivity contribution in [1.29, 1.82) is 0 Å². The maximum absolute atomic E-state index is 12.5. The molecule has 5 heteroatoms. The Balaban J connectivity index is 1.60.